The minimum absolute atomic E-state index is 0.409. The first-order valence-electron chi connectivity index (χ1n) is 12.6. The summed E-state index contributed by atoms with van der Waals surface area (Å²) in [5.74, 6) is -2.31. The standard InChI is InChI=1S/C25H32N2O7/c28-21(16-10-4-1-5-11-16)26-27-22(29)19-17-18(32-24(31-17)12-6-2-7-13-24)20-23(30-19)34-25(33-20)14-8-3-9-15-25/h1,4-5,10-11,17-20,23H,2-3,6-9,12-15H2,(H,26,28)(H,27,29). The fraction of sp³-hybridized carbons (Fsp3) is 0.680. The smallest absolute Gasteiger partial charge is 0.270 e. The van der Waals surface area contributed by atoms with Gasteiger partial charge in [0.1, 0.15) is 18.3 Å². The molecule has 0 radical (unpaired) electrons. The maximum Gasteiger partial charge on any atom is 0.270 e. The van der Waals surface area contributed by atoms with Gasteiger partial charge in [0, 0.05) is 31.2 Å². The van der Waals surface area contributed by atoms with Gasteiger partial charge in [0.2, 0.25) is 0 Å². The molecule has 0 aromatic heterocycles. The number of nitrogens with one attached hydrogen (secondary N) is 2. The zero-order valence-electron chi connectivity index (χ0n) is 19.2. The van der Waals surface area contributed by atoms with Crippen LogP contribution < -0.4 is 10.9 Å². The van der Waals surface area contributed by atoms with Crippen LogP contribution in [0.1, 0.15) is 74.6 Å². The Morgan fingerprint density at radius 1 is 0.706 bits per heavy atom. The highest BCUT2D eigenvalue weighted by Crippen LogP contribution is 2.50. The van der Waals surface area contributed by atoms with Gasteiger partial charge in [0.15, 0.2) is 24.0 Å². The zero-order chi connectivity index (χ0) is 23.2. The Kier molecular flexibility index (Phi) is 5.85. The fourth-order valence-electron chi connectivity index (χ4n) is 6.02. The number of fused-ring (bicyclic) bond motifs is 3. The molecule has 2 saturated carbocycles. The zero-order valence-corrected chi connectivity index (χ0v) is 19.2. The maximum atomic E-state index is 13.2. The topological polar surface area (TPSA) is 104 Å². The third-order valence-electron chi connectivity index (χ3n) is 7.70. The summed E-state index contributed by atoms with van der Waals surface area (Å²) in [6, 6.07) is 8.69. The van der Waals surface area contributed by atoms with Gasteiger partial charge in [-0.1, -0.05) is 31.0 Å². The normalized spacial score (nSPS) is 35.5. The molecule has 3 heterocycles. The van der Waals surface area contributed by atoms with E-state index < -0.39 is 54.1 Å². The van der Waals surface area contributed by atoms with Crippen LogP contribution in [0.15, 0.2) is 30.3 Å². The van der Waals surface area contributed by atoms with Gasteiger partial charge < -0.3 is 23.7 Å². The average molecular weight is 473 g/mol. The van der Waals surface area contributed by atoms with E-state index in [1.165, 1.54) is 0 Å². The van der Waals surface area contributed by atoms with Crippen molar-refractivity contribution in [2.75, 3.05) is 0 Å². The maximum absolute atomic E-state index is 13.2. The first-order chi connectivity index (χ1) is 16.6. The van der Waals surface area contributed by atoms with Gasteiger partial charge in [0.05, 0.1) is 0 Å². The molecule has 6 rings (SSSR count). The van der Waals surface area contributed by atoms with E-state index in [9.17, 15) is 9.59 Å². The minimum Gasteiger partial charge on any atom is -0.341 e. The second kappa shape index (κ2) is 8.87. The van der Waals surface area contributed by atoms with Crippen LogP contribution in [-0.4, -0.2) is 54.1 Å². The molecular weight excluding hydrogens is 440 g/mol. The number of rotatable bonds is 2. The molecule has 2 aliphatic carbocycles. The third-order valence-corrected chi connectivity index (χ3v) is 7.70. The number of hydrogen-bond donors (Lipinski definition) is 2. The van der Waals surface area contributed by atoms with Gasteiger partial charge in [0.25, 0.3) is 11.8 Å². The quantitative estimate of drug-likeness (QED) is 0.638. The van der Waals surface area contributed by atoms with Crippen LogP contribution in [0.4, 0.5) is 0 Å². The van der Waals surface area contributed by atoms with Gasteiger partial charge in [-0.2, -0.15) is 0 Å². The highest BCUT2D eigenvalue weighted by molar-refractivity contribution is 5.95. The van der Waals surface area contributed by atoms with E-state index in [0.29, 0.717) is 5.56 Å². The lowest BCUT2D eigenvalue weighted by molar-refractivity contribution is -0.247. The highest BCUT2D eigenvalue weighted by Gasteiger charge is 2.65. The van der Waals surface area contributed by atoms with Crippen LogP contribution >= 0.6 is 0 Å². The monoisotopic (exact) mass is 472 g/mol. The van der Waals surface area contributed by atoms with Gasteiger partial charge >= 0.3 is 0 Å². The number of hydrazine groups is 1. The number of amides is 2. The Balaban J connectivity index is 1.20. The molecule has 5 atom stereocenters. The molecule has 1 aromatic rings. The van der Waals surface area contributed by atoms with Crippen molar-refractivity contribution in [3.05, 3.63) is 35.9 Å². The molecule has 0 bridgehead atoms. The Hall–Kier alpha value is -2.04. The molecule has 2 N–H and O–H groups in total. The molecule has 34 heavy (non-hydrogen) atoms. The van der Waals surface area contributed by atoms with Crippen LogP contribution in [0.25, 0.3) is 0 Å². The van der Waals surface area contributed by atoms with Gasteiger partial charge in [-0.15, -0.1) is 0 Å². The van der Waals surface area contributed by atoms with Gasteiger partial charge in [-0.05, 0) is 37.8 Å². The number of hydrogen-bond acceptors (Lipinski definition) is 7. The van der Waals surface area contributed by atoms with Crippen molar-refractivity contribution in [1.82, 2.24) is 10.9 Å². The van der Waals surface area contributed by atoms with Gasteiger partial charge in [-0.3, -0.25) is 20.4 Å². The summed E-state index contributed by atoms with van der Waals surface area (Å²) < 4.78 is 31.9. The summed E-state index contributed by atoms with van der Waals surface area (Å²) in [6.45, 7) is 0. The number of ether oxygens (including phenoxy) is 5. The molecular formula is C25H32N2O7. The largest absolute Gasteiger partial charge is 0.341 e. The Morgan fingerprint density at radius 2 is 1.29 bits per heavy atom. The van der Waals surface area contributed by atoms with Crippen molar-refractivity contribution in [2.24, 2.45) is 0 Å². The minimum atomic E-state index is -0.994. The van der Waals surface area contributed by atoms with E-state index in [1.807, 2.05) is 6.07 Å². The van der Waals surface area contributed by atoms with E-state index in [-0.39, 0.29) is 0 Å². The Bertz CT molecular complexity index is 913. The van der Waals surface area contributed by atoms with Crippen molar-refractivity contribution < 1.29 is 33.3 Å². The summed E-state index contributed by atoms with van der Waals surface area (Å²) in [5, 5.41) is 0. The second-order valence-corrected chi connectivity index (χ2v) is 10.0. The summed E-state index contributed by atoms with van der Waals surface area (Å²) in [5.41, 5.74) is 5.43. The molecule has 3 saturated heterocycles. The van der Waals surface area contributed by atoms with E-state index in [4.69, 9.17) is 23.7 Å². The number of carbonyl (C=O) groups excluding carboxylic acids is 2. The average Bonchev–Trinajstić information content (AvgIpc) is 3.41. The second-order valence-electron chi connectivity index (χ2n) is 10.0. The lowest BCUT2D eigenvalue weighted by atomic mass is 9.94. The van der Waals surface area contributed by atoms with E-state index >= 15 is 0 Å². The van der Waals surface area contributed by atoms with E-state index in [0.717, 1.165) is 64.2 Å². The van der Waals surface area contributed by atoms with Crippen molar-refractivity contribution in [2.45, 2.75) is 106 Å². The number of benzene rings is 1. The van der Waals surface area contributed by atoms with Crippen LogP contribution in [0.5, 0.6) is 0 Å². The highest BCUT2D eigenvalue weighted by atomic mass is 16.9. The Labute approximate surface area is 198 Å². The van der Waals surface area contributed by atoms with Crippen molar-refractivity contribution in [3.8, 4) is 0 Å². The SMILES string of the molecule is O=C(NNC(=O)C1OC2OC3(CCCCC3)OC2C2OC3(CCCCC3)OC12)c1ccccc1. The van der Waals surface area contributed by atoms with Crippen LogP contribution in [0.2, 0.25) is 0 Å². The van der Waals surface area contributed by atoms with Crippen molar-refractivity contribution >= 4 is 11.8 Å². The molecule has 9 heteroatoms. The van der Waals surface area contributed by atoms with Gasteiger partial charge in [-0.25, -0.2) is 0 Å². The molecule has 3 aliphatic heterocycles. The van der Waals surface area contributed by atoms with E-state index in [2.05, 4.69) is 10.9 Å². The summed E-state index contributed by atoms with van der Waals surface area (Å²) in [4.78, 5) is 25.6. The summed E-state index contributed by atoms with van der Waals surface area (Å²) >= 11 is 0. The van der Waals surface area contributed by atoms with Crippen LogP contribution in [0.3, 0.4) is 0 Å². The molecule has 2 spiro atoms. The summed E-state index contributed by atoms with van der Waals surface area (Å²) in [6.07, 6.45) is 6.28. The molecule has 5 fully saturated rings. The third kappa shape index (κ3) is 4.03. The molecule has 9 nitrogen and oxygen atoms in total. The molecule has 5 unspecified atom stereocenters. The number of carbonyl (C=O) groups is 2. The molecule has 1 aromatic carbocycles. The first kappa shape index (κ1) is 22.4. The van der Waals surface area contributed by atoms with Crippen LogP contribution in [-0.2, 0) is 28.5 Å². The fourth-order valence-corrected chi connectivity index (χ4v) is 6.02. The van der Waals surface area contributed by atoms with Crippen molar-refractivity contribution in [1.29, 1.82) is 0 Å². The molecule has 2 amide bonds. The summed E-state index contributed by atoms with van der Waals surface area (Å²) in [7, 11) is 0. The van der Waals surface area contributed by atoms with Crippen molar-refractivity contribution in [3.63, 3.8) is 0 Å². The predicted molar refractivity (Wildman–Crippen MR) is 118 cm³/mol. The predicted octanol–water partition coefficient (Wildman–Crippen LogP) is 2.69. The van der Waals surface area contributed by atoms with Crippen LogP contribution in [0, 0.1) is 0 Å². The first-order valence-corrected chi connectivity index (χ1v) is 12.6. The lowest BCUT2D eigenvalue weighted by Crippen LogP contribution is -2.61. The molecule has 184 valence electrons. The Morgan fingerprint density at radius 3 is 1.97 bits per heavy atom. The van der Waals surface area contributed by atoms with E-state index in [1.54, 1.807) is 24.3 Å². The lowest BCUT2D eigenvalue weighted by Gasteiger charge is -2.36. The molecule has 5 aliphatic rings.